The van der Waals surface area contributed by atoms with E-state index in [0.717, 1.165) is 12.5 Å². The van der Waals surface area contributed by atoms with E-state index in [4.69, 9.17) is 4.74 Å². The van der Waals surface area contributed by atoms with Crippen LogP contribution in [-0.2, 0) is 6.54 Å². The van der Waals surface area contributed by atoms with Crippen LogP contribution in [0.25, 0.3) is 0 Å². The van der Waals surface area contributed by atoms with Gasteiger partial charge >= 0.3 is 0 Å². The first-order valence-corrected chi connectivity index (χ1v) is 7.22. The quantitative estimate of drug-likeness (QED) is 0.903. The van der Waals surface area contributed by atoms with E-state index in [2.05, 4.69) is 31.1 Å². The molecule has 0 radical (unpaired) electrons. The molecule has 0 spiro atoms. The SMILES string of the molecule is COc1cc(CNC2CCC(C)(C)CC2C)ccn1. The molecule has 0 bridgehead atoms. The van der Waals surface area contributed by atoms with Gasteiger partial charge in [0.25, 0.3) is 0 Å². The molecule has 2 atom stereocenters. The van der Waals surface area contributed by atoms with Gasteiger partial charge in [0.2, 0.25) is 5.88 Å². The Morgan fingerprint density at radius 1 is 1.47 bits per heavy atom. The standard InChI is InChI=1S/C16H26N2O/c1-12-10-16(2,3)7-5-14(12)18-11-13-6-8-17-15(9-13)19-4/h6,8-9,12,14,18H,5,7,10-11H2,1-4H3. The van der Waals surface area contributed by atoms with E-state index in [1.165, 1.54) is 24.8 Å². The molecule has 1 aliphatic rings. The molecule has 106 valence electrons. The van der Waals surface area contributed by atoms with Crippen molar-refractivity contribution in [1.82, 2.24) is 10.3 Å². The summed E-state index contributed by atoms with van der Waals surface area (Å²) in [6.45, 7) is 8.03. The molecular formula is C16H26N2O. The zero-order valence-electron chi connectivity index (χ0n) is 12.6. The molecule has 3 nitrogen and oxygen atoms in total. The molecule has 2 unspecified atom stereocenters. The molecule has 0 aromatic carbocycles. The number of nitrogens with one attached hydrogen (secondary N) is 1. The highest BCUT2D eigenvalue weighted by Gasteiger charge is 2.31. The molecule has 19 heavy (non-hydrogen) atoms. The van der Waals surface area contributed by atoms with Gasteiger partial charge in [-0.3, -0.25) is 0 Å². The summed E-state index contributed by atoms with van der Waals surface area (Å²) in [7, 11) is 1.66. The second-order valence-corrected chi connectivity index (χ2v) is 6.58. The molecule has 1 aliphatic carbocycles. The maximum absolute atomic E-state index is 5.16. The van der Waals surface area contributed by atoms with Crippen LogP contribution in [0.3, 0.4) is 0 Å². The summed E-state index contributed by atoms with van der Waals surface area (Å²) in [4.78, 5) is 4.14. The molecule has 0 amide bonds. The smallest absolute Gasteiger partial charge is 0.213 e. The van der Waals surface area contributed by atoms with Crippen LogP contribution in [0.2, 0.25) is 0 Å². The summed E-state index contributed by atoms with van der Waals surface area (Å²) in [6.07, 6.45) is 5.71. The third-order valence-corrected chi connectivity index (χ3v) is 4.27. The molecule has 0 saturated heterocycles. The average molecular weight is 262 g/mol. The highest BCUT2D eigenvalue weighted by molar-refractivity contribution is 5.20. The van der Waals surface area contributed by atoms with Crippen molar-refractivity contribution in [3.8, 4) is 5.88 Å². The van der Waals surface area contributed by atoms with Gasteiger partial charge in [0.15, 0.2) is 0 Å². The van der Waals surface area contributed by atoms with Gasteiger partial charge in [-0.15, -0.1) is 0 Å². The fraction of sp³-hybridized carbons (Fsp3) is 0.688. The molecule has 3 heteroatoms. The summed E-state index contributed by atoms with van der Waals surface area (Å²) in [5.41, 5.74) is 1.75. The maximum atomic E-state index is 5.16. The minimum absolute atomic E-state index is 0.511. The van der Waals surface area contributed by atoms with Gasteiger partial charge in [-0.25, -0.2) is 4.98 Å². The summed E-state index contributed by atoms with van der Waals surface area (Å²) in [5, 5.41) is 3.69. The lowest BCUT2D eigenvalue weighted by Crippen LogP contribution is -2.41. The van der Waals surface area contributed by atoms with E-state index >= 15 is 0 Å². The third kappa shape index (κ3) is 3.93. The molecular weight excluding hydrogens is 236 g/mol. The lowest BCUT2D eigenvalue weighted by Gasteiger charge is -2.39. The highest BCUT2D eigenvalue weighted by atomic mass is 16.5. The van der Waals surface area contributed by atoms with Crippen molar-refractivity contribution in [3.05, 3.63) is 23.9 Å². The second-order valence-electron chi connectivity index (χ2n) is 6.58. The van der Waals surface area contributed by atoms with Crippen molar-refractivity contribution in [2.24, 2.45) is 11.3 Å². The number of nitrogens with zero attached hydrogens (tertiary/aromatic N) is 1. The Hall–Kier alpha value is -1.09. The van der Waals surface area contributed by atoms with Crippen molar-refractivity contribution in [3.63, 3.8) is 0 Å². The Labute approximate surface area is 116 Å². The Kier molecular flexibility index (Phi) is 4.46. The van der Waals surface area contributed by atoms with E-state index < -0.39 is 0 Å². The highest BCUT2D eigenvalue weighted by Crippen LogP contribution is 2.38. The molecule has 1 N–H and O–H groups in total. The van der Waals surface area contributed by atoms with Crippen LogP contribution in [0.15, 0.2) is 18.3 Å². The van der Waals surface area contributed by atoms with E-state index in [1.54, 1.807) is 7.11 Å². The van der Waals surface area contributed by atoms with Crippen LogP contribution in [0.4, 0.5) is 0 Å². The summed E-state index contributed by atoms with van der Waals surface area (Å²) in [6, 6.07) is 4.68. The summed E-state index contributed by atoms with van der Waals surface area (Å²) < 4.78 is 5.16. The van der Waals surface area contributed by atoms with Gasteiger partial charge in [0.05, 0.1) is 7.11 Å². The fourth-order valence-corrected chi connectivity index (χ4v) is 3.17. The van der Waals surface area contributed by atoms with Crippen LogP contribution < -0.4 is 10.1 Å². The fourth-order valence-electron chi connectivity index (χ4n) is 3.17. The Morgan fingerprint density at radius 3 is 2.95 bits per heavy atom. The van der Waals surface area contributed by atoms with Crippen LogP contribution in [0.5, 0.6) is 5.88 Å². The maximum Gasteiger partial charge on any atom is 0.213 e. The minimum atomic E-state index is 0.511. The van der Waals surface area contributed by atoms with Crippen LogP contribution in [-0.4, -0.2) is 18.1 Å². The van der Waals surface area contributed by atoms with E-state index in [-0.39, 0.29) is 0 Å². The topological polar surface area (TPSA) is 34.1 Å². The monoisotopic (exact) mass is 262 g/mol. The molecule has 1 heterocycles. The number of ether oxygens (including phenoxy) is 1. The summed E-state index contributed by atoms with van der Waals surface area (Å²) >= 11 is 0. The third-order valence-electron chi connectivity index (χ3n) is 4.27. The zero-order valence-corrected chi connectivity index (χ0v) is 12.6. The molecule has 1 aromatic rings. The number of aromatic nitrogens is 1. The largest absolute Gasteiger partial charge is 0.481 e. The van der Waals surface area contributed by atoms with Crippen molar-refractivity contribution in [2.75, 3.05) is 7.11 Å². The average Bonchev–Trinajstić information content (AvgIpc) is 2.37. The van der Waals surface area contributed by atoms with Crippen LogP contribution in [0.1, 0.15) is 45.6 Å². The predicted molar refractivity (Wildman–Crippen MR) is 78.2 cm³/mol. The van der Waals surface area contributed by atoms with Crippen molar-refractivity contribution in [2.45, 2.75) is 52.6 Å². The van der Waals surface area contributed by atoms with Gasteiger partial charge in [-0.2, -0.15) is 0 Å². The van der Waals surface area contributed by atoms with Crippen molar-refractivity contribution < 1.29 is 4.74 Å². The van der Waals surface area contributed by atoms with Crippen molar-refractivity contribution in [1.29, 1.82) is 0 Å². The van der Waals surface area contributed by atoms with Gasteiger partial charge < -0.3 is 10.1 Å². The van der Waals surface area contributed by atoms with Gasteiger partial charge in [-0.05, 0) is 42.2 Å². The molecule has 1 saturated carbocycles. The zero-order chi connectivity index (χ0) is 13.9. The normalized spacial score (nSPS) is 26.1. The van der Waals surface area contributed by atoms with Crippen LogP contribution >= 0.6 is 0 Å². The summed E-state index contributed by atoms with van der Waals surface area (Å²) in [5.74, 6) is 1.43. The Balaban J connectivity index is 1.88. The molecule has 1 aromatic heterocycles. The first kappa shape index (κ1) is 14.3. The lowest BCUT2D eigenvalue weighted by molar-refractivity contribution is 0.148. The van der Waals surface area contributed by atoms with Gasteiger partial charge in [0.1, 0.15) is 0 Å². The molecule has 1 fully saturated rings. The van der Waals surface area contributed by atoms with Crippen molar-refractivity contribution >= 4 is 0 Å². The molecule has 2 rings (SSSR count). The number of pyridine rings is 1. The minimum Gasteiger partial charge on any atom is -0.481 e. The number of hydrogen-bond donors (Lipinski definition) is 1. The second kappa shape index (κ2) is 5.91. The van der Waals surface area contributed by atoms with Gasteiger partial charge in [0, 0.05) is 24.8 Å². The first-order chi connectivity index (χ1) is 9.00. The lowest BCUT2D eigenvalue weighted by atomic mass is 9.70. The predicted octanol–water partition coefficient (Wildman–Crippen LogP) is 3.39. The first-order valence-electron chi connectivity index (χ1n) is 7.22. The Bertz CT molecular complexity index is 417. The number of methoxy groups -OCH3 is 1. The van der Waals surface area contributed by atoms with E-state index in [1.807, 2.05) is 18.3 Å². The van der Waals surface area contributed by atoms with Crippen LogP contribution in [0, 0.1) is 11.3 Å². The van der Waals surface area contributed by atoms with E-state index in [0.29, 0.717) is 17.3 Å². The van der Waals surface area contributed by atoms with Gasteiger partial charge in [-0.1, -0.05) is 20.8 Å². The number of rotatable bonds is 4. The number of hydrogen-bond acceptors (Lipinski definition) is 3. The Morgan fingerprint density at radius 2 is 2.26 bits per heavy atom. The van der Waals surface area contributed by atoms with E-state index in [9.17, 15) is 0 Å². The molecule has 0 aliphatic heterocycles.